The molecule has 3 aliphatic rings. The van der Waals surface area contributed by atoms with E-state index in [0.29, 0.717) is 17.6 Å². The van der Waals surface area contributed by atoms with E-state index in [2.05, 4.69) is 9.88 Å². The molecule has 1 aromatic heterocycles. The van der Waals surface area contributed by atoms with E-state index < -0.39 is 40.0 Å². The smallest absolute Gasteiger partial charge is 0.379 e. The third kappa shape index (κ3) is 5.75. The van der Waals surface area contributed by atoms with Crippen molar-refractivity contribution < 1.29 is 30.9 Å². The zero-order valence-corrected chi connectivity index (χ0v) is 20.1. The van der Waals surface area contributed by atoms with E-state index in [4.69, 9.17) is 4.74 Å². The molecule has 34 heavy (non-hydrogen) atoms. The van der Waals surface area contributed by atoms with E-state index in [1.165, 1.54) is 17.2 Å². The van der Waals surface area contributed by atoms with Crippen LogP contribution in [-0.4, -0.2) is 79.7 Å². The standard InChI is InChI=1S/C23H32F3N3O4S/c1-22(23(24,25)26)9-8-20(15-34(30,31)32)29(16-22)19-6-7-21(27-14-19)17-2-4-18(5-3-17)28-10-12-33-13-11-28/h6-9,14,17-18,20H,2-5,10-13,15-16H2,1H3,(H,30,31,32). The molecule has 2 aliphatic heterocycles. The molecule has 11 heteroatoms. The van der Waals surface area contributed by atoms with E-state index in [1.807, 2.05) is 6.07 Å². The van der Waals surface area contributed by atoms with Crippen LogP contribution in [0.3, 0.4) is 0 Å². The molecule has 7 nitrogen and oxygen atoms in total. The van der Waals surface area contributed by atoms with Crippen LogP contribution in [0, 0.1) is 5.41 Å². The molecule has 1 N–H and O–H groups in total. The number of halogens is 3. The predicted octanol–water partition coefficient (Wildman–Crippen LogP) is 3.64. The van der Waals surface area contributed by atoms with Crippen LogP contribution in [0.15, 0.2) is 30.5 Å². The summed E-state index contributed by atoms with van der Waals surface area (Å²) in [6, 6.07) is 3.19. The topological polar surface area (TPSA) is 83.0 Å². The number of hydrogen-bond donors (Lipinski definition) is 1. The fourth-order valence-electron chi connectivity index (χ4n) is 5.27. The average molecular weight is 504 g/mol. The highest BCUT2D eigenvalue weighted by molar-refractivity contribution is 7.85. The monoisotopic (exact) mass is 503 g/mol. The third-order valence-electron chi connectivity index (χ3n) is 7.39. The molecule has 0 radical (unpaired) electrons. The molecular weight excluding hydrogens is 471 g/mol. The summed E-state index contributed by atoms with van der Waals surface area (Å²) in [5, 5.41) is 0. The number of nitrogens with zero attached hydrogens (tertiary/aromatic N) is 3. The van der Waals surface area contributed by atoms with Gasteiger partial charge in [0.1, 0.15) is 0 Å². The minimum absolute atomic E-state index is 0.293. The summed E-state index contributed by atoms with van der Waals surface area (Å²) in [5.74, 6) is -0.397. The molecule has 0 spiro atoms. The van der Waals surface area contributed by atoms with Crippen LogP contribution in [-0.2, 0) is 14.9 Å². The minimum Gasteiger partial charge on any atom is -0.379 e. The molecule has 0 bridgehead atoms. The molecule has 2 atom stereocenters. The summed E-state index contributed by atoms with van der Waals surface area (Å²) in [6.07, 6.45) is 3.38. The fraction of sp³-hybridized carbons (Fsp3) is 0.696. The van der Waals surface area contributed by atoms with Gasteiger partial charge >= 0.3 is 6.18 Å². The first kappa shape index (κ1) is 25.4. The van der Waals surface area contributed by atoms with Gasteiger partial charge in [0.2, 0.25) is 0 Å². The van der Waals surface area contributed by atoms with Gasteiger partial charge in [-0.1, -0.05) is 12.2 Å². The van der Waals surface area contributed by atoms with Gasteiger partial charge in [0.05, 0.1) is 42.3 Å². The number of pyridine rings is 1. The summed E-state index contributed by atoms with van der Waals surface area (Å²) in [5.41, 5.74) is -0.833. The van der Waals surface area contributed by atoms with Crippen molar-refractivity contribution in [3.63, 3.8) is 0 Å². The van der Waals surface area contributed by atoms with Gasteiger partial charge < -0.3 is 9.64 Å². The van der Waals surface area contributed by atoms with Gasteiger partial charge in [-0.15, -0.1) is 0 Å². The van der Waals surface area contributed by atoms with Crippen LogP contribution < -0.4 is 4.90 Å². The van der Waals surface area contributed by atoms with Crippen molar-refractivity contribution in [2.24, 2.45) is 5.41 Å². The Morgan fingerprint density at radius 2 is 1.85 bits per heavy atom. The average Bonchev–Trinajstić information content (AvgIpc) is 2.80. The second-order valence-electron chi connectivity index (χ2n) is 9.81. The summed E-state index contributed by atoms with van der Waals surface area (Å²) < 4.78 is 78.8. The Morgan fingerprint density at radius 3 is 2.41 bits per heavy atom. The first-order valence-corrected chi connectivity index (χ1v) is 13.3. The number of anilines is 1. The molecule has 0 aromatic carbocycles. The number of aromatic nitrogens is 1. The van der Waals surface area contributed by atoms with E-state index in [9.17, 15) is 26.1 Å². The molecule has 1 saturated carbocycles. The van der Waals surface area contributed by atoms with Crippen LogP contribution >= 0.6 is 0 Å². The van der Waals surface area contributed by atoms with Crippen LogP contribution in [0.2, 0.25) is 0 Å². The normalized spacial score (nSPS) is 31.6. The first-order valence-electron chi connectivity index (χ1n) is 11.7. The van der Waals surface area contributed by atoms with Crippen molar-refractivity contribution in [1.82, 2.24) is 9.88 Å². The van der Waals surface area contributed by atoms with Crippen LogP contribution in [0.5, 0.6) is 0 Å². The lowest BCUT2D eigenvalue weighted by Gasteiger charge is -2.43. The second-order valence-corrected chi connectivity index (χ2v) is 11.3. The van der Waals surface area contributed by atoms with E-state index in [-0.39, 0.29) is 0 Å². The number of morpholine rings is 1. The molecule has 3 heterocycles. The number of alkyl halides is 3. The van der Waals surface area contributed by atoms with Gasteiger partial charge in [0.25, 0.3) is 10.1 Å². The Bertz CT molecular complexity index is 972. The summed E-state index contributed by atoms with van der Waals surface area (Å²) in [6.45, 7) is 4.11. The largest absolute Gasteiger partial charge is 0.399 e. The zero-order chi connectivity index (χ0) is 24.6. The van der Waals surface area contributed by atoms with Crippen molar-refractivity contribution in [3.05, 3.63) is 36.2 Å². The van der Waals surface area contributed by atoms with Crippen molar-refractivity contribution in [2.75, 3.05) is 43.5 Å². The van der Waals surface area contributed by atoms with Crippen LogP contribution in [0.25, 0.3) is 0 Å². The van der Waals surface area contributed by atoms with Crippen molar-refractivity contribution >= 4 is 15.8 Å². The summed E-state index contributed by atoms with van der Waals surface area (Å²) >= 11 is 0. The number of ether oxygens (including phenoxy) is 1. The second kappa shape index (κ2) is 9.75. The molecular formula is C23H32F3N3O4S. The van der Waals surface area contributed by atoms with E-state index in [1.54, 1.807) is 6.07 Å². The molecule has 190 valence electrons. The quantitative estimate of drug-likeness (QED) is 0.485. The van der Waals surface area contributed by atoms with Crippen LogP contribution in [0.4, 0.5) is 18.9 Å². The number of hydrogen-bond acceptors (Lipinski definition) is 6. The van der Waals surface area contributed by atoms with E-state index >= 15 is 0 Å². The Balaban J connectivity index is 1.47. The van der Waals surface area contributed by atoms with Gasteiger partial charge in [-0.05, 0) is 44.7 Å². The molecule has 4 rings (SSSR count). The Kier molecular flexibility index (Phi) is 7.29. The van der Waals surface area contributed by atoms with Gasteiger partial charge in [-0.2, -0.15) is 21.6 Å². The first-order chi connectivity index (χ1) is 16.0. The van der Waals surface area contributed by atoms with Crippen molar-refractivity contribution in [2.45, 2.75) is 56.8 Å². The molecule has 2 unspecified atom stereocenters. The Morgan fingerprint density at radius 1 is 1.18 bits per heavy atom. The lowest BCUT2D eigenvalue weighted by molar-refractivity contribution is -0.197. The fourth-order valence-corrected chi connectivity index (χ4v) is 5.99. The lowest BCUT2D eigenvalue weighted by Crippen LogP contribution is -2.52. The maximum absolute atomic E-state index is 13.7. The zero-order valence-electron chi connectivity index (χ0n) is 19.2. The molecule has 1 aromatic rings. The van der Waals surface area contributed by atoms with Gasteiger partial charge in [-0.3, -0.25) is 14.4 Å². The Labute approximate surface area is 198 Å². The van der Waals surface area contributed by atoms with Crippen molar-refractivity contribution in [3.8, 4) is 0 Å². The van der Waals surface area contributed by atoms with Gasteiger partial charge in [-0.25, -0.2) is 0 Å². The molecule has 0 amide bonds. The summed E-state index contributed by atoms with van der Waals surface area (Å²) in [7, 11) is -4.38. The molecule has 1 aliphatic carbocycles. The Hall–Kier alpha value is -1.69. The SMILES string of the molecule is CC1(C(F)(F)F)C=CC(CS(=O)(=O)O)N(c2ccc(C3CCC(N4CCOCC4)CC3)nc2)C1. The maximum Gasteiger partial charge on any atom is 0.399 e. The van der Waals surface area contributed by atoms with Crippen molar-refractivity contribution in [1.29, 1.82) is 0 Å². The van der Waals surface area contributed by atoms with Gasteiger partial charge in [0, 0.05) is 37.3 Å². The predicted molar refractivity (Wildman–Crippen MR) is 122 cm³/mol. The van der Waals surface area contributed by atoms with Gasteiger partial charge in [0.15, 0.2) is 0 Å². The van der Waals surface area contributed by atoms with E-state index in [0.717, 1.165) is 70.7 Å². The number of rotatable bonds is 5. The summed E-state index contributed by atoms with van der Waals surface area (Å²) in [4.78, 5) is 8.43. The minimum atomic E-state index is -4.50. The maximum atomic E-state index is 13.7. The molecule has 1 saturated heterocycles. The molecule has 2 fully saturated rings. The third-order valence-corrected chi connectivity index (χ3v) is 8.16. The highest BCUT2D eigenvalue weighted by Crippen LogP contribution is 2.44. The highest BCUT2D eigenvalue weighted by Gasteiger charge is 2.52. The lowest BCUT2D eigenvalue weighted by atomic mass is 9.83. The highest BCUT2D eigenvalue weighted by atomic mass is 32.2. The van der Waals surface area contributed by atoms with Crippen LogP contribution in [0.1, 0.15) is 44.2 Å².